The Morgan fingerprint density at radius 2 is 1.82 bits per heavy atom. The molecule has 2 aromatic heterocycles. The molecule has 6 heteroatoms. The van der Waals surface area contributed by atoms with E-state index in [1.807, 2.05) is 6.20 Å². The Bertz CT molecular complexity index is 1840. The second-order valence-corrected chi connectivity index (χ2v) is 14.9. The summed E-state index contributed by atoms with van der Waals surface area (Å²) in [5.41, 5.74) is 13.3. The van der Waals surface area contributed by atoms with Crippen molar-refractivity contribution in [2.24, 2.45) is 5.92 Å². The van der Waals surface area contributed by atoms with E-state index >= 15 is 0 Å². The van der Waals surface area contributed by atoms with E-state index in [1.165, 1.54) is 69.6 Å². The largest absolute Gasteiger partial charge is 0.342 e. The number of H-pyrrole nitrogens is 2. The van der Waals surface area contributed by atoms with Gasteiger partial charge in [-0.15, -0.1) is 0 Å². The van der Waals surface area contributed by atoms with Crippen LogP contribution >= 0.6 is 0 Å². The Morgan fingerprint density at radius 3 is 2.66 bits per heavy atom. The monoisotopic (exact) mass is 668 g/mol. The van der Waals surface area contributed by atoms with E-state index in [0.29, 0.717) is 23.8 Å². The number of allylic oxidation sites excluding steroid dienone is 5. The number of hydrogen-bond acceptors (Lipinski definition) is 4. The number of nitrogens with one attached hydrogen (secondary N) is 4. The van der Waals surface area contributed by atoms with Crippen LogP contribution in [0.5, 0.6) is 0 Å². The van der Waals surface area contributed by atoms with Gasteiger partial charge in [-0.05, 0) is 122 Å². The number of imidazole rings is 2. The van der Waals surface area contributed by atoms with E-state index in [-0.39, 0.29) is 0 Å². The van der Waals surface area contributed by atoms with E-state index in [9.17, 15) is 0 Å². The van der Waals surface area contributed by atoms with Gasteiger partial charge in [0.2, 0.25) is 0 Å². The Kier molecular flexibility index (Phi) is 11.0. The van der Waals surface area contributed by atoms with Crippen LogP contribution in [0.15, 0.2) is 72.5 Å². The van der Waals surface area contributed by atoms with Crippen molar-refractivity contribution in [2.45, 2.75) is 110 Å². The Labute approximate surface area is 299 Å². The first-order valence-electron chi connectivity index (χ1n) is 19.4. The molecule has 4 aromatic rings. The lowest BCUT2D eigenvalue weighted by molar-refractivity contribution is 0.480. The fraction of sp³-hybridized carbons (Fsp3) is 0.455. The molecule has 0 spiro atoms. The molecule has 0 amide bonds. The van der Waals surface area contributed by atoms with E-state index in [1.54, 1.807) is 0 Å². The molecule has 2 heterocycles. The van der Waals surface area contributed by atoms with Gasteiger partial charge in [0, 0.05) is 17.9 Å². The molecule has 4 atom stereocenters. The number of rotatable bonds is 16. The number of aryl methyl sites for hydroxylation is 1. The van der Waals surface area contributed by atoms with Crippen molar-refractivity contribution in [3.63, 3.8) is 0 Å². The van der Waals surface area contributed by atoms with Crippen molar-refractivity contribution >= 4 is 17.2 Å². The fourth-order valence-electron chi connectivity index (χ4n) is 8.13. The number of aromatic amines is 2. The number of fused-ring (bicyclic) bond motifs is 5. The van der Waals surface area contributed by atoms with E-state index < -0.39 is 0 Å². The number of hydrogen-bond donors (Lipinski definition) is 4. The first-order chi connectivity index (χ1) is 24.5. The summed E-state index contributed by atoms with van der Waals surface area (Å²) in [6.45, 7) is 12.0. The molecule has 4 N–H and O–H groups in total. The van der Waals surface area contributed by atoms with Crippen LogP contribution in [-0.4, -0.2) is 39.1 Å². The molecule has 3 aliphatic carbocycles. The zero-order valence-corrected chi connectivity index (χ0v) is 30.6. The molecular formula is C44H56N6. The summed E-state index contributed by atoms with van der Waals surface area (Å²) in [6.07, 6.45) is 19.6. The number of benzene rings is 2. The van der Waals surface area contributed by atoms with Gasteiger partial charge in [-0.3, -0.25) is 0 Å². The molecular weight excluding hydrogens is 613 g/mol. The minimum Gasteiger partial charge on any atom is -0.342 e. The van der Waals surface area contributed by atoms with E-state index in [2.05, 4.69) is 120 Å². The van der Waals surface area contributed by atoms with Crippen molar-refractivity contribution in [1.82, 2.24) is 30.6 Å². The Morgan fingerprint density at radius 1 is 0.960 bits per heavy atom. The highest BCUT2D eigenvalue weighted by Crippen LogP contribution is 2.48. The molecule has 0 bridgehead atoms. The normalized spacial score (nSPS) is 18.2. The molecule has 0 aliphatic heterocycles. The van der Waals surface area contributed by atoms with Gasteiger partial charge < -0.3 is 20.6 Å². The van der Waals surface area contributed by atoms with Gasteiger partial charge >= 0.3 is 0 Å². The maximum atomic E-state index is 5.45. The third kappa shape index (κ3) is 7.52. The predicted octanol–water partition coefficient (Wildman–Crippen LogP) is 9.97. The van der Waals surface area contributed by atoms with Gasteiger partial charge in [-0.1, -0.05) is 88.2 Å². The summed E-state index contributed by atoms with van der Waals surface area (Å²) < 4.78 is 0. The highest BCUT2D eigenvalue weighted by molar-refractivity contribution is 5.88. The van der Waals surface area contributed by atoms with Gasteiger partial charge in [0.05, 0.1) is 29.8 Å². The molecule has 3 unspecified atom stereocenters. The van der Waals surface area contributed by atoms with Crippen LogP contribution in [0.25, 0.3) is 28.5 Å². The molecule has 6 nitrogen and oxygen atoms in total. The number of unbranched alkanes of at least 4 members (excludes halogenated alkanes) is 2. The molecule has 0 saturated heterocycles. The van der Waals surface area contributed by atoms with Gasteiger partial charge in [-0.2, -0.15) is 0 Å². The Balaban J connectivity index is 1.11. The van der Waals surface area contributed by atoms with Gasteiger partial charge in [0.15, 0.2) is 0 Å². The van der Waals surface area contributed by atoms with Crippen molar-refractivity contribution in [3.8, 4) is 11.3 Å². The average molecular weight is 669 g/mol. The third-order valence-electron chi connectivity index (χ3n) is 11.4. The first kappa shape index (κ1) is 34.4. The van der Waals surface area contributed by atoms with Crippen LogP contribution < -0.4 is 10.6 Å². The SMILES string of the molecule is CCCCCNCCCC(c1nc2c([nH]1)C=CC1CC3=C(C=C21)CCc1cc(-c2cnc(CN[C@@H](C)CC)[nH]2)ccc13)C(C)c1ccccc1. The minimum atomic E-state index is 0.337. The highest BCUT2D eigenvalue weighted by Gasteiger charge is 2.33. The summed E-state index contributed by atoms with van der Waals surface area (Å²) >= 11 is 0. The molecule has 0 fully saturated rings. The summed E-state index contributed by atoms with van der Waals surface area (Å²) in [6, 6.07) is 18.5. The maximum absolute atomic E-state index is 5.45. The van der Waals surface area contributed by atoms with E-state index in [4.69, 9.17) is 4.98 Å². The standard InChI is InChI=1S/C44H56N6/c1-5-7-11-22-45-23-12-15-36(30(4)31-13-9-8-10-14-31)44-49-40-21-19-34-25-38-33(26-39(34)43(40)50-44)17-16-32-24-35(18-20-37(32)38)41-27-47-42(48-41)28-46-29(3)6-2/h8-10,13-14,18-21,24,26-27,29-30,34,36,45-46H,5-7,11-12,15-17,22-23,25,28H2,1-4H3,(H,47,48)(H,49,50)/t29-,30?,34?,36?/m0/s1. The zero-order chi connectivity index (χ0) is 34.5. The lowest BCUT2D eigenvalue weighted by atomic mass is 9.73. The van der Waals surface area contributed by atoms with Crippen molar-refractivity contribution < 1.29 is 0 Å². The molecule has 3 aliphatic rings. The van der Waals surface area contributed by atoms with Crippen LogP contribution in [0.4, 0.5) is 0 Å². The number of nitrogens with zero attached hydrogens (tertiary/aromatic N) is 2. The summed E-state index contributed by atoms with van der Waals surface area (Å²) in [4.78, 5) is 17.5. The number of aromatic nitrogens is 4. The zero-order valence-electron chi connectivity index (χ0n) is 30.6. The summed E-state index contributed by atoms with van der Waals surface area (Å²) in [7, 11) is 0. The minimum absolute atomic E-state index is 0.337. The predicted molar refractivity (Wildman–Crippen MR) is 209 cm³/mol. The van der Waals surface area contributed by atoms with E-state index in [0.717, 1.165) is 75.5 Å². The van der Waals surface area contributed by atoms with Gasteiger partial charge in [0.1, 0.15) is 11.6 Å². The van der Waals surface area contributed by atoms with Crippen molar-refractivity contribution in [1.29, 1.82) is 0 Å². The molecule has 0 saturated carbocycles. The summed E-state index contributed by atoms with van der Waals surface area (Å²) in [5.74, 6) is 3.21. The summed E-state index contributed by atoms with van der Waals surface area (Å²) in [5, 5.41) is 7.22. The van der Waals surface area contributed by atoms with Crippen LogP contribution in [0.2, 0.25) is 0 Å². The third-order valence-corrected chi connectivity index (χ3v) is 11.4. The second-order valence-electron chi connectivity index (χ2n) is 14.9. The lowest BCUT2D eigenvalue weighted by Gasteiger charge is -2.32. The van der Waals surface area contributed by atoms with Crippen LogP contribution in [-0.2, 0) is 13.0 Å². The van der Waals surface area contributed by atoms with Gasteiger partial charge in [-0.25, -0.2) is 9.97 Å². The first-order valence-corrected chi connectivity index (χ1v) is 19.4. The van der Waals surface area contributed by atoms with Crippen LogP contribution in [0.1, 0.15) is 131 Å². The van der Waals surface area contributed by atoms with Crippen molar-refractivity contribution in [2.75, 3.05) is 13.1 Å². The topological polar surface area (TPSA) is 81.4 Å². The second kappa shape index (κ2) is 15.9. The van der Waals surface area contributed by atoms with Crippen molar-refractivity contribution in [3.05, 3.63) is 112 Å². The highest BCUT2D eigenvalue weighted by atomic mass is 15.0. The molecule has 0 radical (unpaired) electrons. The van der Waals surface area contributed by atoms with Gasteiger partial charge in [0.25, 0.3) is 0 Å². The molecule has 7 rings (SSSR count). The lowest BCUT2D eigenvalue weighted by Crippen LogP contribution is -2.24. The quantitative estimate of drug-likeness (QED) is 0.0896. The van der Waals surface area contributed by atoms with Crippen LogP contribution in [0.3, 0.4) is 0 Å². The maximum Gasteiger partial charge on any atom is 0.120 e. The molecule has 2 aromatic carbocycles. The Hall–Kier alpha value is -4.00. The van der Waals surface area contributed by atoms with Crippen LogP contribution in [0, 0.1) is 5.92 Å². The fourth-order valence-corrected chi connectivity index (χ4v) is 8.13. The average Bonchev–Trinajstić information content (AvgIpc) is 3.82. The molecule has 262 valence electrons. The smallest absolute Gasteiger partial charge is 0.120 e. The molecule has 50 heavy (non-hydrogen) atoms.